The van der Waals surface area contributed by atoms with Crippen LogP contribution in [0.5, 0.6) is 0 Å². The molecule has 0 amide bonds. The number of morpholine rings is 1. The average molecular weight is 283 g/mol. The van der Waals surface area contributed by atoms with Gasteiger partial charge >= 0.3 is 0 Å². The van der Waals surface area contributed by atoms with E-state index in [1.807, 2.05) is 0 Å². The molecule has 1 saturated heterocycles. The van der Waals surface area contributed by atoms with Gasteiger partial charge in [-0.25, -0.2) is 4.98 Å². The summed E-state index contributed by atoms with van der Waals surface area (Å²) in [6.07, 6.45) is 3.81. The predicted octanol–water partition coefficient (Wildman–Crippen LogP) is 1.47. The Bertz CT molecular complexity index is 426. The monoisotopic (exact) mass is 283 g/mol. The summed E-state index contributed by atoms with van der Waals surface area (Å²) in [7, 11) is 0. The van der Waals surface area contributed by atoms with E-state index in [0.29, 0.717) is 12.5 Å². The van der Waals surface area contributed by atoms with Crippen LogP contribution in [-0.2, 0) is 11.2 Å². The van der Waals surface area contributed by atoms with E-state index in [1.54, 1.807) is 0 Å². The molecule has 106 valence electrons. The Labute approximate surface area is 117 Å². The van der Waals surface area contributed by atoms with E-state index >= 15 is 0 Å². The van der Waals surface area contributed by atoms with Gasteiger partial charge in [0.05, 0.1) is 25.4 Å². The first-order valence-electron chi connectivity index (χ1n) is 7.14. The van der Waals surface area contributed by atoms with Crippen LogP contribution in [-0.4, -0.2) is 46.4 Å². The van der Waals surface area contributed by atoms with Crippen LogP contribution < -0.4 is 4.90 Å². The Morgan fingerprint density at radius 2 is 2.37 bits per heavy atom. The molecule has 0 spiro atoms. The Hall–Kier alpha value is -0.720. The molecule has 5 nitrogen and oxygen atoms in total. The molecule has 0 unspecified atom stereocenters. The van der Waals surface area contributed by atoms with Crippen molar-refractivity contribution in [3.8, 4) is 0 Å². The zero-order valence-corrected chi connectivity index (χ0v) is 12.1. The van der Waals surface area contributed by atoms with Crippen molar-refractivity contribution in [1.82, 2.24) is 9.36 Å². The zero-order chi connectivity index (χ0) is 13.2. The second-order valence-corrected chi connectivity index (χ2v) is 6.07. The van der Waals surface area contributed by atoms with Crippen molar-refractivity contribution in [3.05, 3.63) is 5.82 Å². The molecule has 3 rings (SSSR count). The van der Waals surface area contributed by atoms with E-state index < -0.39 is 0 Å². The minimum Gasteiger partial charge on any atom is -0.393 e. The standard InChI is InChI=1S/C13H21N3O2S/c1-2-12-14-13(19-15-12)16-6-7-18-8-10(16)9-4-3-5-11(9)17/h9-11,17H,2-8H2,1H3/t9-,10-,11+/m1/s1. The Kier molecular flexibility index (Phi) is 4.00. The van der Waals surface area contributed by atoms with Gasteiger partial charge in [-0.15, -0.1) is 0 Å². The minimum atomic E-state index is -0.187. The number of hydrogen-bond acceptors (Lipinski definition) is 6. The fourth-order valence-electron chi connectivity index (χ4n) is 3.14. The highest BCUT2D eigenvalue weighted by molar-refractivity contribution is 7.09. The van der Waals surface area contributed by atoms with E-state index in [9.17, 15) is 5.11 Å². The second-order valence-electron chi connectivity index (χ2n) is 5.34. The zero-order valence-electron chi connectivity index (χ0n) is 11.3. The van der Waals surface area contributed by atoms with Crippen LogP contribution in [0.25, 0.3) is 0 Å². The van der Waals surface area contributed by atoms with Crippen LogP contribution in [0.4, 0.5) is 5.13 Å². The fraction of sp³-hybridized carbons (Fsp3) is 0.846. The van der Waals surface area contributed by atoms with Gasteiger partial charge in [-0.3, -0.25) is 0 Å². The van der Waals surface area contributed by atoms with Crippen LogP contribution in [0, 0.1) is 5.92 Å². The van der Waals surface area contributed by atoms with Crippen molar-refractivity contribution in [2.24, 2.45) is 5.92 Å². The molecular weight excluding hydrogens is 262 g/mol. The van der Waals surface area contributed by atoms with Crippen molar-refractivity contribution in [2.45, 2.75) is 44.8 Å². The van der Waals surface area contributed by atoms with Crippen LogP contribution in [0.3, 0.4) is 0 Å². The smallest absolute Gasteiger partial charge is 0.205 e. The molecule has 2 aliphatic rings. The number of aromatic nitrogens is 2. The highest BCUT2D eigenvalue weighted by Crippen LogP contribution is 2.34. The minimum absolute atomic E-state index is 0.187. The molecule has 1 N–H and O–H groups in total. The first-order chi connectivity index (χ1) is 9.29. The van der Waals surface area contributed by atoms with Gasteiger partial charge in [0.25, 0.3) is 0 Å². The number of hydrogen-bond donors (Lipinski definition) is 1. The van der Waals surface area contributed by atoms with Gasteiger partial charge in [0, 0.05) is 30.4 Å². The largest absolute Gasteiger partial charge is 0.393 e. The Morgan fingerprint density at radius 1 is 1.47 bits per heavy atom. The molecule has 2 heterocycles. The maximum atomic E-state index is 10.1. The SMILES string of the molecule is CCc1nsc(N2CCOC[C@@H]2[C@H]2CCC[C@@H]2O)n1. The topological polar surface area (TPSA) is 58.5 Å². The van der Waals surface area contributed by atoms with Gasteiger partial charge in [0.1, 0.15) is 5.82 Å². The number of ether oxygens (including phenoxy) is 1. The first-order valence-corrected chi connectivity index (χ1v) is 7.92. The van der Waals surface area contributed by atoms with Crippen LogP contribution in [0.1, 0.15) is 32.0 Å². The third kappa shape index (κ3) is 2.61. The Balaban J connectivity index is 1.80. The molecule has 19 heavy (non-hydrogen) atoms. The van der Waals surface area contributed by atoms with Crippen molar-refractivity contribution >= 4 is 16.7 Å². The highest BCUT2D eigenvalue weighted by atomic mass is 32.1. The lowest BCUT2D eigenvalue weighted by atomic mass is 9.94. The lowest BCUT2D eigenvalue weighted by Crippen LogP contribution is -2.51. The highest BCUT2D eigenvalue weighted by Gasteiger charge is 2.38. The van der Waals surface area contributed by atoms with E-state index in [1.165, 1.54) is 11.5 Å². The van der Waals surface area contributed by atoms with Gasteiger partial charge in [-0.05, 0) is 12.8 Å². The number of anilines is 1. The fourth-order valence-corrected chi connectivity index (χ4v) is 3.97. The van der Waals surface area contributed by atoms with Crippen LogP contribution in [0.2, 0.25) is 0 Å². The molecule has 0 aromatic carbocycles. The molecule has 0 bridgehead atoms. The van der Waals surface area contributed by atoms with Crippen molar-refractivity contribution < 1.29 is 9.84 Å². The summed E-state index contributed by atoms with van der Waals surface area (Å²) in [5.74, 6) is 1.23. The Morgan fingerprint density at radius 3 is 3.05 bits per heavy atom. The third-order valence-electron chi connectivity index (χ3n) is 4.21. The molecule has 1 aliphatic carbocycles. The number of aliphatic hydroxyl groups excluding tert-OH is 1. The number of aryl methyl sites for hydroxylation is 1. The molecule has 1 saturated carbocycles. The lowest BCUT2D eigenvalue weighted by Gasteiger charge is -2.39. The molecule has 0 radical (unpaired) electrons. The van der Waals surface area contributed by atoms with Gasteiger partial charge in [0.2, 0.25) is 5.13 Å². The molecule has 1 aliphatic heterocycles. The molecule has 2 fully saturated rings. The van der Waals surface area contributed by atoms with Gasteiger partial charge in [-0.1, -0.05) is 13.3 Å². The van der Waals surface area contributed by atoms with E-state index in [-0.39, 0.29) is 12.1 Å². The summed E-state index contributed by atoms with van der Waals surface area (Å²) in [6.45, 7) is 4.36. The normalized spacial score (nSPS) is 31.9. The number of rotatable bonds is 3. The van der Waals surface area contributed by atoms with Crippen LogP contribution >= 0.6 is 11.5 Å². The van der Waals surface area contributed by atoms with Crippen LogP contribution in [0.15, 0.2) is 0 Å². The van der Waals surface area contributed by atoms with E-state index in [4.69, 9.17) is 4.74 Å². The van der Waals surface area contributed by atoms with Crippen molar-refractivity contribution in [3.63, 3.8) is 0 Å². The van der Waals surface area contributed by atoms with Crippen molar-refractivity contribution in [2.75, 3.05) is 24.7 Å². The molecule has 6 heteroatoms. The lowest BCUT2D eigenvalue weighted by molar-refractivity contribution is 0.0414. The number of aliphatic hydroxyl groups is 1. The quantitative estimate of drug-likeness (QED) is 0.910. The maximum absolute atomic E-state index is 10.1. The molecule has 1 aromatic rings. The summed E-state index contributed by atoms with van der Waals surface area (Å²) in [5.41, 5.74) is 0. The van der Waals surface area contributed by atoms with E-state index in [0.717, 1.165) is 49.8 Å². The summed E-state index contributed by atoms with van der Waals surface area (Å²) in [6, 6.07) is 0.254. The molecular formula is C13H21N3O2S. The third-order valence-corrected chi connectivity index (χ3v) is 5.00. The van der Waals surface area contributed by atoms with E-state index in [2.05, 4.69) is 21.2 Å². The van der Waals surface area contributed by atoms with Gasteiger partial charge in [-0.2, -0.15) is 4.37 Å². The molecule has 1 aromatic heterocycles. The molecule has 3 atom stereocenters. The maximum Gasteiger partial charge on any atom is 0.205 e. The summed E-state index contributed by atoms with van der Waals surface area (Å²) >= 11 is 1.47. The summed E-state index contributed by atoms with van der Waals surface area (Å²) < 4.78 is 10.0. The predicted molar refractivity (Wildman–Crippen MR) is 74.6 cm³/mol. The average Bonchev–Trinajstić information content (AvgIpc) is 3.07. The van der Waals surface area contributed by atoms with Gasteiger partial charge in [0.15, 0.2) is 0 Å². The second kappa shape index (κ2) is 5.73. The van der Waals surface area contributed by atoms with Gasteiger partial charge < -0.3 is 14.7 Å². The number of nitrogens with zero attached hydrogens (tertiary/aromatic N) is 3. The van der Waals surface area contributed by atoms with Crippen molar-refractivity contribution in [1.29, 1.82) is 0 Å². The first kappa shape index (κ1) is 13.3. The summed E-state index contributed by atoms with van der Waals surface area (Å²) in [5, 5.41) is 11.1. The summed E-state index contributed by atoms with van der Waals surface area (Å²) in [4.78, 5) is 6.90.